The molecule has 0 aliphatic heterocycles. The van der Waals surface area contributed by atoms with Gasteiger partial charge in [-0.05, 0) is 74.1 Å². The summed E-state index contributed by atoms with van der Waals surface area (Å²) >= 11 is 0. The van der Waals surface area contributed by atoms with Crippen LogP contribution in [0, 0.1) is 12.7 Å². The molecule has 0 saturated heterocycles. The van der Waals surface area contributed by atoms with Gasteiger partial charge < -0.3 is 10.1 Å². The Morgan fingerprint density at radius 3 is 2.64 bits per heavy atom. The van der Waals surface area contributed by atoms with Crippen LogP contribution in [0.25, 0.3) is 0 Å². The number of hydrogen-bond acceptors (Lipinski definition) is 3. The number of esters is 1. The van der Waals surface area contributed by atoms with E-state index in [0.717, 1.165) is 25.3 Å². The molecule has 1 aliphatic rings. The van der Waals surface area contributed by atoms with Gasteiger partial charge in [0.2, 0.25) is 0 Å². The van der Waals surface area contributed by atoms with Gasteiger partial charge in [0.05, 0.1) is 5.56 Å². The fraction of sp³-hybridized carbons (Fsp3) is 0.300. The van der Waals surface area contributed by atoms with Crippen molar-refractivity contribution in [1.82, 2.24) is 0 Å². The Balaban J connectivity index is 1.62. The molecule has 0 aromatic heterocycles. The third kappa shape index (κ3) is 3.87. The third-order valence-corrected chi connectivity index (χ3v) is 4.43. The number of nitrogens with one attached hydrogen (secondary N) is 1. The highest BCUT2D eigenvalue weighted by atomic mass is 19.1. The summed E-state index contributed by atoms with van der Waals surface area (Å²) in [5.74, 6) is -1.63. The van der Waals surface area contributed by atoms with Crippen molar-refractivity contribution in [2.45, 2.75) is 39.2 Å². The van der Waals surface area contributed by atoms with Gasteiger partial charge in [0, 0.05) is 5.69 Å². The molecule has 0 spiro atoms. The van der Waals surface area contributed by atoms with Crippen LogP contribution in [0.4, 0.5) is 10.1 Å². The van der Waals surface area contributed by atoms with E-state index >= 15 is 0 Å². The first-order chi connectivity index (χ1) is 11.9. The summed E-state index contributed by atoms with van der Waals surface area (Å²) in [5.41, 5.74) is 3.78. The van der Waals surface area contributed by atoms with Gasteiger partial charge in [-0.3, -0.25) is 4.79 Å². The summed E-state index contributed by atoms with van der Waals surface area (Å²) in [5, 5.41) is 2.76. The fourth-order valence-electron chi connectivity index (χ4n) is 2.90. The number of hydrogen-bond donors (Lipinski definition) is 1. The zero-order valence-corrected chi connectivity index (χ0v) is 14.3. The lowest BCUT2D eigenvalue weighted by atomic mass is 10.1. The number of anilines is 1. The van der Waals surface area contributed by atoms with Crippen LogP contribution in [0.5, 0.6) is 0 Å². The van der Waals surface area contributed by atoms with Gasteiger partial charge >= 0.3 is 5.97 Å². The van der Waals surface area contributed by atoms with Crippen molar-refractivity contribution in [3.63, 3.8) is 0 Å². The number of rotatable bonds is 4. The van der Waals surface area contributed by atoms with E-state index in [2.05, 4.69) is 5.32 Å². The van der Waals surface area contributed by atoms with Gasteiger partial charge in [-0.25, -0.2) is 9.18 Å². The first-order valence-corrected chi connectivity index (χ1v) is 8.34. The number of fused-ring (bicyclic) bond motifs is 1. The second-order valence-electron chi connectivity index (χ2n) is 6.34. The monoisotopic (exact) mass is 341 g/mol. The maximum Gasteiger partial charge on any atom is 0.339 e. The summed E-state index contributed by atoms with van der Waals surface area (Å²) in [4.78, 5) is 24.3. The van der Waals surface area contributed by atoms with E-state index < -0.39 is 23.8 Å². The van der Waals surface area contributed by atoms with Gasteiger partial charge in [-0.15, -0.1) is 0 Å². The molecule has 0 heterocycles. The molecule has 1 atom stereocenters. The average molecular weight is 341 g/mol. The SMILES string of the molecule is Cc1ccc(C(=O)O[C@H](C)C(=O)Nc2ccc3c(c2)CCC3)cc1F. The van der Waals surface area contributed by atoms with E-state index in [9.17, 15) is 14.0 Å². The van der Waals surface area contributed by atoms with Crippen LogP contribution in [0.1, 0.15) is 40.4 Å². The molecule has 25 heavy (non-hydrogen) atoms. The van der Waals surface area contributed by atoms with Crippen LogP contribution < -0.4 is 5.32 Å². The number of aryl methyl sites for hydroxylation is 3. The number of benzene rings is 2. The van der Waals surface area contributed by atoms with Crippen molar-refractivity contribution in [3.8, 4) is 0 Å². The van der Waals surface area contributed by atoms with E-state index in [1.165, 1.54) is 30.2 Å². The van der Waals surface area contributed by atoms with Crippen LogP contribution in [-0.2, 0) is 22.4 Å². The standard InChI is InChI=1S/C20H20FNO3/c1-12-6-7-16(11-18(12)21)20(24)25-13(2)19(23)22-17-9-8-14-4-3-5-15(14)10-17/h6-11,13H,3-5H2,1-2H3,(H,22,23)/t13-/m1/s1. The van der Waals surface area contributed by atoms with E-state index in [0.29, 0.717) is 11.3 Å². The van der Waals surface area contributed by atoms with Crippen LogP contribution in [0.2, 0.25) is 0 Å². The van der Waals surface area contributed by atoms with Crippen LogP contribution >= 0.6 is 0 Å². The molecule has 1 amide bonds. The number of amides is 1. The van der Waals surface area contributed by atoms with Gasteiger partial charge in [0.1, 0.15) is 5.82 Å². The Kier molecular flexibility index (Phi) is 4.83. The first-order valence-electron chi connectivity index (χ1n) is 8.34. The highest BCUT2D eigenvalue weighted by Crippen LogP contribution is 2.25. The van der Waals surface area contributed by atoms with Crippen molar-refractivity contribution in [2.24, 2.45) is 0 Å². The van der Waals surface area contributed by atoms with Crippen molar-refractivity contribution in [1.29, 1.82) is 0 Å². The lowest BCUT2D eigenvalue weighted by molar-refractivity contribution is -0.123. The van der Waals surface area contributed by atoms with Crippen LogP contribution in [-0.4, -0.2) is 18.0 Å². The molecule has 1 N–H and O–H groups in total. The molecule has 0 unspecified atom stereocenters. The van der Waals surface area contributed by atoms with Gasteiger partial charge in [0.25, 0.3) is 5.91 Å². The number of ether oxygens (including phenoxy) is 1. The molecular weight excluding hydrogens is 321 g/mol. The Hall–Kier alpha value is -2.69. The Labute approximate surface area is 146 Å². The molecule has 5 heteroatoms. The molecule has 1 aliphatic carbocycles. The van der Waals surface area contributed by atoms with Crippen LogP contribution in [0.3, 0.4) is 0 Å². The molecule has 3 rings (SSSR count). The van der Waals surface area contributed by atoms with E-state index in [1.807, 2.05) is 18.2 Å². The molecule has 0 bridgehead atoms. The Morgan fingerprint density at radius 1 is 1.12 bits per heavy atom. The molecular formula is C20H20FNO3. The summed E-state index contributed by atoms with van der Waals surface area (Å²) in [6.45, 7) is 3.10. The predicted octanol–water partition coefficient (Wildman–Crippen LogP) is 3.81. The van der Waals surface area contributed by atoms with E-state index in [4.69, 9.17) is 4.74 Å². The average Bonchev–Trinajstić information content (AvgIpc) is 3.04. The minimum Gasteiger partial charge on any atom is -0.449 e. The number of carbonyl (C=O) groups excluding carboxylic acids is 2. The normalized spacial score (nSPS) is 13.9. The lowest BCUT2D eigenvalue weighted by Gasteiger charge is -2.14. The minimum absolute atomic E-state index is 0.0836. The minimum atomic E-state index is -0.981. The van der Waals surface area contributed by atoms with Crippen LogP contribution in [0.15, 0.2) is 36.4 Å². The quantitative estimate of drug-likeness (QED) is 0.861. The van der Waals surface area contributed by atoms with Crippen molar-refractivity contribution in [2.75, 3.05) is 5.32 Å². The largest absolute Gasteiger partial charge is 0.449 e. The smallest absolute Gasteiger partial charge is 0.339 e. The first kappa shape index (κ1) is 17.1. The summed E-state index contributed by atoms with van der Waals surface area (Å²) in [7, 11) is 0. The Bertz CT molecular complexity index is 832. The number of carbonyl (C=O) groups is 2. The second kappa shape index (κ2) is 7.05. The molecule has 2 aromatic rings. The van der Waals surface area contributed by atoms with Gasteiger partial charge in [0.15, 0.2) is 6.10 Å². The fourth-order valence-corrected chi connectivity index (χ4v) is 2.90. The predicted molar refractivity (Wildman–Crippen MR) is 93.1 cm³/mol. The van der Waals surface area contributed by atoms with Crippen molar-refractivity contribution < 1.29 is 18.7 Å². The van der Waals surface area contributed by atoms with E-state index in [1.54, 1.807) is 6.92 Å². The van der Waals surface area contributed by atoms with E-state index in [-0.39, 0.29) is 5.56 Å². The maximum absolute atomic E-state index is 13.5. The summed E-state index contributed by atoms with van der Waals surface area (Å²) in [6, 6.07) is 9.93. The molecule has 0 saturated carbocycles. The number of halogens is 1. The molecule has 0 fully saturated rings. The highest BCUT2D eigenvalue weighted by molar-refractivity contribution is 5.97. The lowest BCUT2D eigenvalue weighted by Crippen LogP contribution is -2.30. The zero-order valence-electron chi connectivity index (χ0n) is 14.3. The molecule has 0 radical (unpaired) electrons. The maximum atomic E-state index is 13.5. The van der Waals surface area contributed by atoms with Crippen molar-refractivity contribution in [3.05, 3.63) is 64.5 Å². The Morgan fingerprint density at radius 2 is 1.88 bits per heavy atom. The summed E-state index contributed by atoms with van der Waals surface area (Å²) in [6.07, 6.45) is 2.24. The molecule has 130 valence electrons. The summed E-state index contributed by atoms with van der Waals surface area (Å²) < 4.78 is 18.7. The topological polar surface area (TPSA) is 55.4 Å². The zero-order chi connectivity index (χ0) is 18.0. The second-order valence-corrected chi connectivity index (χ2v) is 6.34. The third-order valence-electron chi connectivity index (χ3n) is 4.43. The van der Waals surface area contributed by atoms with Gasteiger partial charge in [-0.1, -0.05) is 12.1 Å². The van der Waals surface area contributed by atoms with Crippen molar-refractivity contribution >= 4 is 17.6 Å². The molecule has 2 aromatic carbocycles. The highest BCUT2D eigenvalue weighted by Gasteiger charge is 2.20. The van der Waals surface area contributed by atoms with Gasteiger partial charge in [-0.2, -0.15) is 0 Å². The molecule has 4 nitrogen and oxygen atoms in total.